The highest BCUT2D eigenvalue weighted by molar-refractivity contribution is 6.09. The third kappa shape index (κ3) is 7.57. The van der Waals surface area contributed by atoms with Gasteiger partial charge in [-0.1, -0.05) is 222 Å². The molecule has 0 unspecified atom stereocenters. The Kier molecular flexibility index (Phi) is 11.2. The van der Waals surface area contributed by atoms with Crippen LogP contribution in [-0.2, 0) is 5.41 Å². The number of benzene rings is 9. The molecule has 9 aromatic carbocycles. The molecule has 334 valence electrons. The molecule has 1 nitrogen and oxygen atoms in total. The molecule has 2 fully saturated rings. The van der Waals surface area contributed by atoms with Crippen LogP contribution in [-0.4, -0.2) is 0 Å². The van der Waals surface area contributed by atoms with Crippen LogP contribution >= 0.6 is 0 Å². The van der Waals surface area contributed by atoms with E-state index in [4.69, 9.17) is 0 Å². The van der Waals surface area contributed by atoms with Crippen molar-refractivity contribution in [3.05, 3.63) is 222 Å². The summed E-state index contributed by atoms with van der Waals surface area (Å²) in [5, 5.41) is 2.52. The summed E-state index contributed by atoms with van der Waals surface area (Å²) in [6.07, 6.45) is 13.4. The van der Waals surface area contributed by atoms with Gasteiger partial charge < -0.3 is 4.90 Å². The molecule has 3 aliphatic rings. The molecule has 0 heterocycles. The minimum absolute atomic E-state index is 0.146. The van der Waals surface area contributed by atoms with E-state index in [0.29, 0.717) is 11.8 Å². The second-order valence-corrected chi connectivity index (χ2v) is 20.4. The lowest BCUT2D eigenvalue weighted by atomic mass is 9.72. The van der Waals surface area contributed by atoms with Crippen LogP contribution in [0.5, 0.6) is 0 Å². The summed E-state index contributed by atoms with van der Waals surface area (Å²) in [4.78, 5) is 2.55. The maximum atomic E-state index is 2.72. The Labute approximate surface area is 404 Å². The van der Waals surface area contributed by atoms with Gasteiger partial charge in [0.15, 0.2) is 0 Å². The quantitative estimate of drug-likeness (QED) is 0.140. The zero-order valence-corrected chi connectivity index (χ0v) is 39.7. The molecule has 2 saturated carbocycles. The fourth-order valence-corrected chi connectivity index (χ4v) is 12.7. The van der Waals surface area contributed by atoms with Gasteiger partial charge in [0.25, 0.3) is 0 Å². The van der Waals surface area contributed by atoms with Crippen molar-refractivity contribution >= 4 is 27.8 Å². The van der Waals surface area contributed by atoms with Crippen molar-refractivity contribution in [3.8, 4) is 55.6 Å². The van der Waals surface area contributed by atoms with E-state index in [2.05, 4.69) is 219 Å². The fraction of sp³-hybridized carbons (Fsp3) is 0.224. The van der Waals surface area contributed by atoms with Crippen LogP contribution in [0.25, 0.3) is 66.4 Å². The van der Waals surface area contributed by atoms with Gasteiger partial charge in [0, 0.05) is 22.4 Å². The highest BCUT2D eigenvalue weighted by Gasteiger charge is 2.40. The Morgan fingerprint density at radius 1 is 0.382 bits per heavy atom. The molecular weight excluding hydrogens is 819 g/mol. The third-order valence-corrected chi connectivity index (χ3v) is 16.0. The summed E-state index contributed by atoms with van der Waals surface area (Å²) >= 11 is 0. The Hall–Kier alpha value is -6.96. The van der Waals surface area contributed by atoms with Gasteiger partial charge in [-0.3, -0.25) is 0 Å². The van der Waals surface area contributed by atoms with E-state index in [-0.39, 0.29) is 5.41 Å². The van der Waals surface area contributed by atoms with Crippen LogP contribution < -0.4 is 4.90 Å². The van der Waals surface area contributed by atoms with Gasteiger partial charge in [-0.05, 0) is 151 Å². The summed E-state index contributed by atoms with van der Waals surface area (Å²) in [5.41, 5.74) is 22.3. The van der Waals surface area contributed by atoms with E-state index >= 15 is 0 Å². The molecule has 12 rings (SSSR count). The maximum Gasteiger partial charge on any atom is 0.0540 e. The predicted octanol–water partition coefficient (Wildman–Crippen LogP) is 19.4. The Morgan fingerprint density at radius 3 is 1.57 bits per heavy atom. The van der Waals surface area contributed by atoms with E-state index < -0.39 is 0 Å². The van der Waals surface area contributed by atoms with E-state index in [9.17, 15) is 0 Å². The second-order valence-electron chi connectivity index (χ2n) is 20.4. The SMILES string of the molecule is CC1(C)c2cc(N(c3ccc(-c4cccc5cccc(-c6ccccc6)c45)c(-c4ccccc4)c3)c3ccccc3-c3ccccc3)ccc2-c2cc(C3CCCCC3)cc(C3CCCCC3)c21. The molecule has 0 N–H and O–H groups in total. The van der Waals surface area contributed by atoms with E-state index in [1.54, 1.807) is 16.7 Å². The van der Waals surface area contributed by atoms with Gasteiger partial charge in [-0.2, -0.15) is 0 Å². The fourth-order valence-electron chi connectivity index (χ4n) is 12.7. The van der Waals surface area contributed by atoms with Crippen LogP contribution in [0.1, 0.15) is 112 Å². The highest BCUT2D eigenvalue weighted by Crippen LogP contribution is 2.56. The molecule has 0 radical (unpaired) electrons. The minimum Gasteiger partial charge on any atom is -0.310 e. The molecule has 0 aromatic heterocycles. The molecule has 0 atom stereocenters. The average molecular weight is 880 g/mol. The van der Waals surface area contributed by atoms with Crippen molar-refractivity contribution < 1.29 is 0 Å². The average Bonchev–Trinajstić information content (AvgIpc) is 3.64. The van der Waals surface area contributed by atoms with Crippen molar-refractivity contribution in [2.24, 2.45) is 0 Å². The van der Waals surface area contributed by atoms with Crippen molar-refractivity contribution in [2.75, 3.05) is 4.90 Å². The van der Waals surface area contributed by atoms with Crippen LogP contribution in [0.3, 0.4) is 0 Å². The van der Waals surface area contributed by atoms with Crippen molar-refractivity contribution in [1.82, 2.24) is 0 Å². The Bertz CT molecular complexity index is 3250. The lowest BCUT2D eigenvalue weighted by Crippen LogP contribution is -2.21. The molecule has 0 bridgehead atoms. The summed E-state index contributed by atoms with van der Waals surface area (Å²) < 4.78 is 0. The lowest BCUT2D eigenvalue weighted by Gasteiger charge is -2.33. The Balaban J connectivity index is 1.07. The first-order valence-corrected chi connectivity index (χ1v) is 25.6. The van der Waals surface area contributed by atoms with Crippen LogP contribution in [0, 0.1) is 0 Å². The number of hydrogen-bond acceptors (Lipinski definition) is 1. The number of anilines is 3. The molecule has 0 amide bonds. The summed E-state index contributed by atoms with van der Waals surface area (Å²) in [6, 6.07) is 75.4. The van der Waals surface area contributed by atoms with Crippen molar-refractivity contribution in [2.45, 2.75) is 95.3 Å². The van der Waals surface area contributed by atoms with Gasteiger partial charge in [-0.15, -0.1) is 0 Å². The van der Waals surface area contributed by atoms with Gasteiger partial charge in [0.05, 0.1) is 5.69 Å². The number of rotatable bonds is 9. The topological polar surface area (TPSA) is 3.24 Å². The largest absolute Gasteiger partial charge is 0.310 e. The molecule has 1 heteroatoms. The zero-order chi connectivity index (χ0) is 45.6. The first-order chi connectivity index (χ1) is 33.5. The molecule has 0 saturated heterocycles. The van der Waals surface area contributed by atoms with Gasteiger partial charge in [0.1, 0.15) is 0 Å². The van der Waals surface area contributed by atoms with Crippen molar-refractivity contribution in [1.29, 1.82) is 0 Å². The first kappa shape index (κ1) is 42.4. The second kappa shape index (κ2) is 17.9. The van der Waals surface area contributed by atoms with Gasteiger partial charge >= 0.3 is 0 Å². The summed E-state index contributed by atoms with van der Waals surface area (Å²) in [6.45, 7) is 5.04. The number of para-hydroxylation sites is 1. The molecule has 9 aromatic rings. The van der Waals surface area contributed by atoms with Crippen LogP contribution in [0.4, 0.5) is 17.1 Å². The molecule has 68 heavy (non-hydrogen) atoms. The number of hydrogen-bond donors (Lipinski definition) is 0. The maximum absolute atomic E-state index is 2.72. The van der Waals surface area contributed by atoms with E-state index in [1.807, 2.05) is 0 Å². The number of nitrogens with zero attached hydrogens (tertiary/aromatic N) is 1. The first-order valence-electron chi connectivity index (χ1n) is 25.6. The predicted molar refractivity (Wildman–Crippen MR) is 290 cm³/mol. The third-order valence-electron chi connectivity index (χ3n) is 16.0. The van der Waals surface area contributed by atoms with Gasteiger partial charge in [-0.25, -0.2) is 0 Å². The van der Waals surface area contributed by atoms with E-state index in [0.717, 1.165) is 11.4 Å². The highest BCUT2D eigenvalue weighted by atomic mass is 15.1. The normalized spacial score (nSPS) is 15.8. The monoisotopic (exact) mass is 879 g/mol. The molecule has 0 spiro atoms. The summed E-state index contributed by atoms with van der Waals surface area (Å²) in [7, 11) is 0. The minimum atomic E-state index is -0.146. The van der Waals surface area contributed by atoms with Crippen LogP contribution in [0.15, 0.2) is 200 Å². The van der Waals surface area contributed by atoms with Gasteiger partial charge in [0.2, 0.25) is 0 Å². The van der Waals surface area contributed by atoms with E-state index in [1.165, 1.54) is 142 Å². The molecule has 3 aliphatic carbocycles. The number of fused-ring (bicyclic) bond motifs is 4. The molecule has 0 aliphatic heterocycles. The lowest BCUT2D eigenvalue weighted by molar-refractivity contribution is 0.431. The Morgan fingerprint density at radius 2 is 0.912 bits per heavy atom. The van der Waals surface area contributed by atoms with Crippen molar-refractivity contribution in [3.63, 3.8) is 0 Å². The smallest absolute Gasteiger partial charge is 0.0540 e. The zero-order valence-electron chi connectivity index (χ0n) is 39.7. The molecular formula is C67H61N. The summed E-state index contributed by atoms with van der Waals surface area (Å²) in [5.74, 6) is 1.32. The standard InChI is InChI=1S/C67H61N/c1-67(2)63-45-54(39-41-58(63)62-43-52(46-22-8-3-9-23-46)42-61(66(62)67)50-30-16-7-17-31-50)68(64-37-19-18-34-55(64)47-24-10-4-11-25-47)53-38-40-57(60(44-53)49-28-14-6-15-29-49)59-36-21-33-51-32-20-35-56(65(51)59)48-26-12-5-13-27-48/h4-6,10-15,18-21,24-29,32-46,50H,3,7-9,16-17,22-23,30-31H2,1-2H3. The van der Waals surface area contributed by atoms with Crippen LogP contribution in [0.2, 0.25) is 0 Å².